The minimum Gasteiger partial charge on any atom is -0.341 e. The zero-order valence-corrected chi connectivity index (χ0v) is 14.8. The van der Waals surface area contributed by atoms with Crippen molar-refractivity contribution in [2.45, 2.75) is 53.6 Å². The van der Waals surface area contributed by atoms with Gasteiger partial charge in [0.25, 0.3) is 0 Å². The number of hydrogen-bond acceptors (Lipinski definition) is 3. The highest BCUT2D eigenvalue weighted by molar-refractivity contribution is 5.85. The van der Waals surface area contributed by atoms with Crippen molar-refractivity contribution < 1.29 is 4.79 Å². The molecule has 1 atom stereocenters. The number of nitrogens with zero attached hydrogens (tertiary/aromatic N) is 3. The number of nitrogens with two attached hydrogens (primary N) is 1. The Morgan fingerprint density at radius 1 is 1.33 bits per heavy atom. The molecule has 5 nitrogen and oxygen atoms in total. The third kappa shape index (κ3) is 5.00. The van der Waals surface area contributed by atoms with Gasteiger partial charge in [-0.1, -0.05) is 13.8 Å². The van der Waals surface area contributed by atoms with E-state index in [1.54, 1.807) is 4.90 Å². The molecule has 6 heteroatoms. The molecule has 0 radical (unpaired) electrons. The average molecular weight is 317 g/mol. The molecule has 0 aliphatic carbocycles. The maximum atomic E-state index is 12.3. The fourth-order valence-corrected chi connectivity index (χ4v) is 2.19. The molecule has 0 saturated carbocycles. The summed E-state index contributed by atoms with van der Waals surface area (Å²) in [4.78, 5) is 14.0. The summed E-state index contributed by atoms with van der Waals surface area (Å²) in [6.07, 6.45) is 0.399. The molecule has 1 heterocycles. The number of aromatic nitrogens is 2. The van der Waals surface area contributed by atoms with Gasteiger partial charge in [-0.2, -0.15) is 5.10 Å². The van der Waals surface area contributed by atoms with E-state index < -0.39 is 0 Å². The molecule has 1 unspecified atom stereocenters. The molecule has 0 bridgehead atoms. The third-order valence-corrected chi connectivity index (χ3v) is 3.79. The van der Waals surface area contributed by atoms with E-state index in [4.69, 9.17) is 5.73 Å². The van der Waals surface area contributed by atoms with Gasteiger partial charge in [0.05, 0.1) is 12.1 Å². The van der Waals surface area contributed by atoms with Crippen molar-refractivity contribution >= 4 is 18.3 Å². The quantitative estimate of drug-likeness (QED) is 0.872. The molecule has 21 heavy (non-hydrogen) atoms. The Morgan fingerprint density at radius 2 is 1.90 bits per heavy atom. The van der Waals surface area contributed by atoms with Crippen LogP contribution in [0.1, 0.15) is 37.7 Å². The van der Waals surface area contributed by atoms with E-state index in [1.807, 2.05) is 32.5 Å². The molecular weight excluding hydrogens is 288 g/mol. The van der Waals surface area contributed by atoms with Crippen LogP contribution in [0, 0.1) is 19.8 Å². The number of amides is 1. The van der Waals surface area contributed by atoms with Crippen LogP contribution in [-0.4, -0.2) is 40.2 Å². The highest BCUT2D eigenvalue weighted by Gasteiger charge is 2.19. The van der Waals surface area contributed by atoms with Crippen molar-refractivity contribution in [3.05, 3.63) is 17.0 Å². The molecule has 0 aliphatic rings. The minimum absolute atomic E-state index is 0. The van der Waals surface area contributed by atoms with Crippen LogP contribution < -0.4 is 5.73 Å². The van der Waals surface area contributed by atoms with E-state index in [-0.39, 0.29) is 24.4 Å². The van der Waals surface area contributed by atoms with Crippen LogP contribution >= 0.6 is 12.4 Å². The Bertz CT molecular complexity index is 470. The van der Waals surface area contributed by atoms with Gasteiger partial charge < -0.3 is 10.6 Å². The van der Waals surface area contributed by atoms with Crippen molar-refractivity contribution in [2.75, 3.05) is 13.6 Å². The van der Waals surface area contributed by atoms with Gasteiger partial charge in [-0.3, -0.25) is 9.48 Å². The fraction of sp³-hybridized carbons (Fsp3) is 0.733. The number of likely N-dealkylation sites (N-methyl/N-ethyl adjacent to an activating group) is 1. The number of hydrogen-bond donors (Lipinski definition) is 1. The van der Waals surface area contributed by atoms with Crippen LogP contribution in [0.3, 0.4) is 0 Å². The first kappa shape index (κ1) is 19.9. The predicted molar refractivity (Wildman–Crippen MR) is 88.8 cm³/mol. The Kier molecular flexibility index (Phi) is 7.96. The van der Waals surface area contributed by atoms with E-state index in [9.17, 15) is 4.79 Å². The molecule has 1 aromatic rings. The topological polar surface area (TPSA) is 64.2 Å². The molecule has 0 fully saturated rings. The maximum absolute atomic E-state index is 12.3. The number of halogens is 1. The lowest BCUT2D eigenvalue weighted by atomic mass is 10.1. The Hall–Kier alpha value is -1.07. The van der Waals surface area contributed by atoms with Crippen LogP contribution in [-0.2, 0) is 17.8 Å². The second kappa shape index (κ2) is 8.39. The highest BCUT2D eigenvalue weighted by Crippen LogP contribution is 2.16. The summed E-state index contributed by atoms with van der Waals surface area (Å²) < 4.78 is 2.01. The zero-order valence-electron chi connectivity index (χ0n) is 14.0. The monoisotopic (exact) mass is 316 g/mol. The Balaban J connectivity index is 0.00000400. The van der Waals surface area contributed by atoms with E-state index in [0.717, 1.165) is 23.5 Å². The van der Waals surface area contributed by atoms with E-state index in [2.05, 4.69) is 18.9 Å². The summed E-state index contributed by atoms with van der Waals surface area (Å²) in [6, 6.07) is 0.0637. The summed E-state index contributed by atoms with van der Waals surface area (Å²) in [6.45, 7) is 11.7. The number of aryl methyl sites for hydroxylation is 1. The van der Waals surface area contributed by atoms with Crippen molar-refractivity contribution in [3.63, 3.8) is 0 Å². The number of carbonyl (C=O) groups is 1. The van der Waals surface area contributed by atoms with Gasteiger partial charge in [0, 0.05) is 37.4 Å². The standard InChI is InChI=1S/C15H28N4O.ClH/c1-10(2)9-19-13(5)14(12(4)17-19)7-15(20)18(6)11(3)8-16;/h10-11H,7-9,16H2,1-6H3;1H. The van der Waals surface area contributed by atoms with Crippen LogP contribution in [0.25, 0.3) is 0 Å². The first-order valence-corrected chi connectivity index (χ1v) is 7.26. The Labute approximate surface area is 134 Å². The highest BCUT2D eigenvalue weighted by atomic mass is 35.5. The van der Waals surface area contributed by atoms with Crippen molar-refractivity contribution in [1.29, 1.82) is 0 Å². The van der Waals surface area contributed by atoms with Gasteiger partial charge in [0.15, 0.2) is 0 Å². The molecule has 2 N–H and O–H groups in total. The van der Waals surface area contributed by atoms with E-state index in [0.29, 0.717) is 18.9 Å². The fourth-order valence-electron chi connectivity index (χ4n) is 2.19. The summed E-state index contributed by atoms with van der Waals surface area (Å²) in [5.74, 6) is 0.634. The first-order valence-electron chi connectivity index (χ1n) is 7.26. The Morgan fingerprint density at radius 3 is 2.38 bits per heavy atom. The lowest BCUT2D eigenvalue weighted by Crippen LogP contribution is -2.40. The maximum Gasteiger partial charge on any atom is 0.227 e. The van der Waals surface area contributed by atoms with Gasteiger partial charge in [0.1, 0.15) is 0 Å². The summed E-state index contributed by atoms with van der Waals surface area (Å²) in [5, 5.41) is 4.55. The first-order chi connectivity index (χ1) is 9.27. The molecular formula is C15H29ClN4O. The molecule has 1 aromatic heterocycles. The summed E-state index contributed by atoms with van der Waals surface area (Å²) in [7, 11) is 1.81. The van der Waals surface area contributed by atoms with Gasteiger partial charge in [-0.15, -0.1) is 12.4 Å². The van der Waals surface area contributed by atoms with Crippen LogP contribution in [0.15, 0.2) is 0 Å². The van der Waals surface area contributed by atoms with Crippen molar-refractivity contribution in [3.8, 4) is 0 Å². The van der Waals surface area contributed by atoms with Crippen molar-refractivity contribution in [2.24, 2.45) is 11.7 Å². The molecule has 0 saturated heterocycles. The predicted octanol–water partition coefficient (Wildman–Crippen LogP) is 1.93. The van der Waals surface area contributed by atoms with Gasteiger partial charge >= 0.3 is 0 Å². The lowest BCUT2D eigenvalue weighted by Gasteiger charge is -2.23. The molecule has 0 aromatic carbocycles. The summed E-state index contributed by atoms with van der Waals surface area (Å²) in [5.41, 5.74) is 8.71. The smallest absolute Gasteiger partial charge is 0.227 e. The molecule has 1 amide bonds. The second-order valence-electron chi connectivity index (χ2n) is 5.99. The zero-order chi connectivity index (χ0) is 15.4. The van der Waals surface area contributed by atoms with Gasteiger partial charge in [-0.25, -0.2) is 0 Å². The molecule has 1 rings (SSSR count). The number of rotatable bonds is 6. The van der Waals surface area contributed by atoms with Crippen LogP contribution in [0.2, 0.25) is 0 Å². The largest absolute Gasteiger partial charge is 0.341 e. The normalized spacial score (nSPS) is 12.2. The summed E-state index contributed by atoms with van der Waals surface area (Å²) >= 11 is 0. The van der Waals surface area contributed by atoms with E-state index in [1.165, 1.54) is 0 Å². The second-order valence-corrected chi connectivity index (χ2v) is 5.99. The minimum atomic E-state index is 0. The molecule has 0 spiro atoms. The van der Waals surface area contributed by atoms with E-state index >= 15 is 0 Å². The SMILES string of the molecule is Cc1nn(CC(C)C)c(C)c1CC(=O)N(C)C(C)CN.Cl. The van der Waals surface area contributed by atoms with Crippen molar-refractivity contribution in [1.82, 2.24) is 14.7 Å². The van der Waals surface area contributed by atoms with Gasteiger partial charge in [0.2, 0.25) is 5.91 Å². The molecule has 122 valence electrons. The van der Waals surface area contributed by atoms with Crippen LogP contribution in [0.5, 0.6) is 0 Å². The third-order valence-electron chi connectivity index (χ3n) is 3.79. The van der Waals surface area contributed by atoms with Gasteiger partial charge in [-0.05, 0) is 26.7 Å². The van der Waals surface area contributed by atoms with Crippen LogP contribution in [0.4, 0.5) is 0 Å². The molecule has 0 aliphatic heterocycles. The average Bonchev–Trinajstić information content (AvgIpc) is 2.63. The number of carbonyl (C=O) groups excluding carboxylic acids is 1. The lowest BCUT2D eigenvalue weighted by molar-refractivity contribution is -0.130.